The molecular formula is C25H21ClN8O. The molecule has 0 fully saturated rings. The van der Waals surface area contributed by atoms with E-state index in [-0.39, 0.29) is 12.6 Å². The highest BCUT2D eigenvalue weighted by atomic mass is 35.5. The fourth-order valence-electron chi connectivity index (χ4n) is 4.04. The maximum atomic E-state index is 10.1. The van der Waals surface area contributed by atoms with Gasteiger partial charge in [-0.2, -0.15) is 5.26 Å². The first kappa shape index (κ1) is 22.4. The normalized spacial score (nSPS) is 12.7. The van der Waals surface area contributed by atoms with Crippen LogP contribution < -0.4 is 10.6 Å². The summed E-state index contributed by atoms with van der Waals surface area (Å²) in [6.45, 7) is -0.161. The molecule has 0 saturated heterocycles. The van der Waals surface area contributed by atoms with Gasteiger partial charge in [-0.25, -0.2) is 0 Å². The number of aromatic nitrogens is 5. The number of pyridine rings is 1. The first-order valence-corrected chi connectivity index (χ1v) is 11.3. The fourth-order valence-corrected chi connectivity index (χ4v) is 4.31. The number of nitriles is 1. The second-order valence-corrected chi connectivity index (χ2v) is 8.33. The number of H-pyrrole nitrogens is 2. The molecule has 3 aromatic heterocycles. The molecule has 0 radical (unpaired) electrons. The summed E-state index contributed by atoms with van der Waals surface area (Å²) >= 11 is 6.65. The van der Waals surface area contributed by atoms with Gasteiger partial charge in [-0.05, 0) is 29.3 Å². The topological polar surface area (TPSA) is 138 Å². The Hall–Kier alpha value is -4.39. The maximum Gasteiger partial charge on any atom is 0.109 e. The van der Waals surface area contributed by atoms with E-state index in [1.54, 1.807) is 12.3 Å². The zero-order chi connectivity index (χ0) is 24.2. The Morgan fingerprint density at radius 1 is 1.09 bits per heavy atom. The van der Waals surface area contributed by atoms with Gasteiger partial charge in [0, 0.05) is 35.9 Å². The lowest BCUT2D eigenvalue weighted by atomic mass is 10.0. The van der Waals surface area contributed by atoms with Crippen molar-refractivity contribution >= 4 is 33.9 Å². The van der Waals surface area contributed by atoms with E-state index in [0.29, 0.717) is 38.6 Å². The Morgan fingerprint density at radius 3 is 2.63 bits per heavy atom. The van der Waals surface area contributed by atoms with Gasteiger partial charge in [0.1, 0.15) is 11.8 Å². The SMILES string of the molecule is N#Cc1cnc2c(Cl)cc(NC(c3cc[nH]c3)c3c[nH]nn3)cc2c1N[C@@H](CO)c1ccccc1. The molecule has 35 heavy (non-hydrogen) atoms. The van der Waals surface area contributed by atoms with Crippen molar-refractivity contribution in [2.45, 2.75) is 12.1 Å². The van der Waals surface area contributed by atoms with E-state index in [2.05, 4.69) is 42.1 Å². The molecule has 0 saturated carbocycles. The number of nitrogens with one attached hydrogen (secondary N) is 4. The number of benzene rings is 2. The molecule has 0 spiro atoms. The monoisotopic (exact) mass is 484 g/mol. The molecular weight excluding hydrogens is 464 g/mol. The van der Waals surface area contributed by atoms with Crippen LogP contribution in [-0.2, 0) is 0 Å². The largest absolute Gasteiger partial charge is 0.394 e. The van der Waals surface area contributed by atoms with Crippen molar-refractivity contribution in [2.24, 2.45) is 0 Å². The fraction of sp³-hybridized carbons (Fsp3) is 0.120. The third-order valence-electron chi connectivity index (χ3n) is 5.75. The van der Waals surface area contributed by atoms with Crippen LogP contribution >= 0.6 is 11.6 Å². The van der Waals surface area contributed by atoms with Crippen LogP contribution in [0.1, 0.15) is 34.5 Å². The molecule has 0 aliphatic heterocycles. The summed E-state index contributed by atoms with van der Waals surface area (Å²) in [4.78, 5) is 7.48. The molecule has 174 valence electrons. The van der Waals surface area contributed by atoms with Gasteiger partial charge in [-0.3, -0.25) is 10.1 Å². The lowest BCUT2D eigenvalue weighted by Crippen LogP contribution is -2.16. The summed E-state index contributed by atoms with van der Waals surface area (Å²) in [6, 6.07) is 16.6. The quantitative estimate of drug-likeness (QED) is 0.218. The Balaban J connectivity index is 1.59. The number of anilines is 2. The highest BCUT2D eigenvalue weighted by Crippen LogP contribution is 2.36. The second-order valence-electron chi connectivity index (χ2n) is 7.92. The summed E-state index contributed by atoms with van der Waals surface area (Å²) in [5, 5.41) is 38.5. The molecule has 0 amide bonds. The average molecular weight is 485 g/mol. The highest BCUT2D eigenvalue weighted by Gasteiger charge is 2.21. The van der Waals surface area contributed by atoms with Crippen molar-refractivity contribution in [1.82, 2.24) is 25.4 Å². The van der Waals surface area contributed by atoms with Crippen LogP contribution in [-0.4, -0.2) is 37.1 Å². The number of nitrogens with zero attached hydrogens (tertiary/aromatic N) is 4. The molecule has 0 bridgehead atoms. The number of halogens is 1. The Bertz CT molecular complexity index is 1430. The number of aromatic amines is 2. The lowest BCUT2D eigenvalue weighted by Gasteiger charge is -2.22. The predicted octanol–water partition coefficient (Wildman–Crippen LogP) is 4.55. The third kappa shape index (κ3) is 4.53. The molecule has 9 nitrogen and oxygen atoms in total. The van der Waals surface area contributed by atoms with E-state index >= 15 is 0 Å². The zero-order valence-electron chi connectivity index (χ0n) is 18.4. The minimum absolute atomic E-state index is 0.161. The summed E-state index contributed by atoms with van der Waals surface area (Å²) in [7, 11) is 0. The summed E-state index contributed by atoms with van der Waals surface area (Å²) in [5.41, 5.74) is 4.70. The number of fused-ring (bicyclic) bond motifs is 1. The van der Waals surface area contributed by atoms with Gasteiger partial charge in [0.2, 0.25) is 0 Å². The van der Waals surface area contributed by atoms with Crippen LogP contribution in [0.15, 0.2) is 73.3 Å². The van der Waals surface area contributed by atoms with Gasteiger partial charge in [-0.1, -0.05) is 47.1 Å². The minimum atomic E-state index is -0.424. The molecule has 10 heteroatoms. The van der Waals surface area contributed by atoms with Crippen LogP contribution in [0.2, 0.25) is 5.02 Å². The van der Waals surface area contributed by atoms with E-state index < -0.39 is 6.04 Å². The Morgan fingerprint density at radius 2 is 1.94 bits per heavy atom. The van der Waals surface area contributed by atoms with Crippen LogP contribution in [0.5, 0.6) is 0 Å². The Labute approximate surface area is 205 Å². The molecule has 0 aliphatic carbocycles. The summed E-state index contributed by atoms with van der Waals surface area (Å²) in [5.74, 6) is 0. The third-order valence-corrected chi connectivity index (χ3v) is 6.03. The molecule has 3 heterocycles. The van der Waals surface area contributed by atoms with Crippen molar-refractivity contribution in [3.8, 4) is 6.07 Å². The molecule has 2 aromatic carbocycles. The van der Waals surface area contributed by atoms with Crippen molar-refractivity contribution in [2.75, 3.05) is 17.2 Å². The van der Waals surface area contributed by atoms with E-state index in [4.69, 9.17) is 11.6 Å². The smallest absolute Gasteiger partial charge is 0.109 e. The number of rotatable bonds is 8. The molecule has 0 aliphatic rings. The highest BCUT2D eigenvalue weighted by molar-refractivity contribution is 6.35. The number of hydrogen-bond donors (Lipinski definition) is 5. The van der Waals surface area contributed by atoms with E-state index in [0.717, 1.165) is 11.1 Å². The van der Waals surface area contributed by atoms with Crippen LogP contribution in [0.25, 0.3) is 10.9 Å². The van der Waals surface area contributed by atoms with Crippen molar-refractivity contribution in [1.29, 1.82) is 5.26 Å². The first-order chi connectivity index (χ1) is 17.2. The number of hydrogen-bond acceptors (Lipinski definition) is 7. The maximum absolute atomic E-state index is 10.1. The summed E-state index contributed by atoms with van der Waals surface area (Å²) < 4.78 is 0. The molecule has 2 atom stereocenters. The van der Waals surface area contributed by atoms with Gasteiger partial charge in [0.25, 0.3) is 0 Å². The van der Waals surface area contributed by atoms with E-state index in [9.17, 15) is 10.4 Å². The molecule has 5 rings (SSSR count). The van der Waals surface area contributed by atoms with Crippen LogP contribution in [0.4, 0.5) is 11.4 Å². The van der Waals surface area contributed by atoms with Crippen LogP contribution in [0.3, 0.4) is 0 Å². The number of aliphatic hydroxyl groups excluding tert-OH is 1. The zero-order valence-corrected chi connectivity index (χ0v) is 19.2. The average Bonchev–Trinajstić information content (AvgIpc) is 3.61. The van der Waals surface area contributed by atoms with Crippen LogP contribution in [0, 0.1) is 11.3 Å². The van der Waals surface area contributed by atoms with Gasteiger partial charge in [-0.15, -0.1) is 5.10 Å². The van der Waals surface area contributed by atoms with E-state index in [1.807, 2.05) is 54.9 Å². The second kappa shape index (κ2) is 9.85. The van der Waals surface area contributed by atoms with Crippen molar-refractivity contribution in [3.63, 3.8) is 0 Å². The lowest BCUT2D eigenvalue weighted by molar-refractivity contribution is 0.276. The Kier molecular flexibility index (Phi) is 6.30. The van der Waals surface area contributed by atoms with E-state index in [1.165, 1.54) is 6.20 Å². The van der Waals surface area contributed by atoms with Gasteiger partial charge in [0.05, 0.1) is 40.5 Å². The summed E-state index contributed by atoms with van der Waals surface area (Å²) in [6.07, 6.45) is 6.92. The van der Waals surface area contributed by atoms with Gasteiger partial charge >= 0.3 is 0 Å². The van der Waals surface area contributed by atoms with Gasteiger partial charge in [0.15, 0.2) is 0 Å². The predicted molar refractivity (Wildman–Crippen MR) is 134 cm³/mol. The standard InChI is InChI=1S/C25H21ClN8O/c26-20-9-18(31-24(16-6-7-28-11-16)21-13-30-34-33-21)8-19-23(17(10-27)12-29-25(19)20)32-22(14-35)15-4-2-1-3-5-15/h1-9,11-13,22,24,28,31,35H,14H2,(H,29,32)(H,30,33,34)/t22-,24?/m0/s1. The van der Waals surface area contributed by atoms with Crippen molar-refractivity contribution in [3.05, 3.63) is 101 Å². The van der Waals surface area contributed by atoms with Gasteiger partial charge < -0.3 is 20.7 Å². The number of aliphatic hydroxyl groups is 1. The molecule has 5 aromatic rings. The van der Waals surface area contributed by atoms with Crippen molar-refractivity contribution < 1.29 is 5.11 Å². The minimum Gasteiger partial charge on any atom is -0.394 e. The first-order valence-electron chi connectivity index (χ1n) is 10.9. The molecule has 5 N–H and O–H groups in total. The molecule has 1 unspecified atom stereocenters.